The quantitative estimate of drug-likeness (QED) is 0.141. The summed E-state index contributed by atoms with van der Waals surface area (Å²) >= 11 is 5.99. The van der Waals surface area contributed by atoms with Crippen molar-refractivity contribution in [1.29, 1.82) is 0 Å². The predicted molar refractivity (Wildman–Crippen MR) is 116 cm³/mol. The number of carbonyl (C=O) groups excluding carboxylic acids is 2. The van der Waals surface area contributed by atoms with E-state index in [0.29, 0.717) is 12.7 Å². The smallest absolute Gasteiger partial charge is 0.426 e. The summed E-state index contributed by atoms with van der Waals surface area (Å²) in [5, 5.41) is 0. The summed E-state index contributed by atoms with van der Waals surface area (Å²) in [5.74, 6) is -3.76. The highest BCUT2D eigenvalue weighted by Gasteiger charge is 2.45. The molecule has 0 aliphatic heterocycles. The van der Waals surface area contributed by atoms with Crippen LogP contribution in [0.3, 0.4) is 0 Å². The molecule has 1 rings (SSSR count). The van der Waals surface area contributed by atoms with Crippen molar-refractivity contribution in [3.05, 3.63) is 28.4 Å². The van der Waals surface area contributed by atoms with Gasteiger partial charge in [-0.3, -0.25) is 9.35 Å². The Morgan fingerprint density at radius 3 is 2.25 bits per heavy atom. The van der Waals surface area contributed by atoms with Gasteiger partial charge in [-0.1, -0.05) is 0 Å². The number of halogens is 6. The molecule has 1 unspecified atom stereocenters. The zero-order valence-corrected chi connectivity index (χ0v) is 20.9. The number of carbonyl (C=O) groups is 2. The lowest BCUT2D eigenvalue weighted by molar-refractivity contribution is -0.215. The molecular weight excluding hydrogens is 750 g/mol. The van der Waals surface area contributed by atoms with Gasteiger partial charge in [0.1, 0.15) is 5.75 Å². The Morgan fingerprint density at radius 1 is 1.14 bits per heavy atom. The molecule has 14 heteroatoms. The molecule has 1 aromatic carbocycles. The average molecular weight is 762 g/mol. The summed E-state index contributed by atoms with van der Waals surface area (Å²) in [6.45, 7) is -0.249. The largest absolute Gasteiger partial charge is 0.462 e. The van der Waals surface area contributed by atoms with Crippen LogP contribution in [0.5, 0.6) is 0 Å². The Morgan fingerprint density at radius 2 is 1.71 bits per heavy atom. The van der Waals surface area contributed by atoms with Gasteiger partial charge in [-0.05, 0) is 86.3 Å². The molecule has 0 bridgehead atoms. The lowest BCUT2D eigenvalue weighted by Gasteiger charge is -2.19. The van der Waals surface area contributed by atoms with Crippen LogP contribution in [-0.4, -0.2) is 49.5 Å². The van der Waals surface area contributed by atoms with Gasteiger partial charge in [0, 0.05) is 17.1 Å². The van der Waals surface area contributed by atoms with Crippen molar-refractivity contribution in [2.75, 3.05) is 12.4 Å². The van der Waals surface area contributed by atoms with Crippen LogP contribution in [0, 0.1) is 10.7 Å². The number of ether oxygens (including phenoxy) is 2. The van der Waals surface area contributed by atoms with Gasteiger partial charge in [-0.2, -0.15) is 21.6 Å². The van der Waals surface area contributed by atoms with Crippen LogP contribution in [0.15, 0.2) is 12.1 Å². The minimum Gasteiger partial charge on any atom is -0.462 e. The number of hydrogen-bond donors (Lipinski definition) is 1. The second-order valence-electron chi connectivity index (χ2n) is 5.23. The highest BCUT2D eigenvalue weighted by atomic mass is 127. The first-order valence-corrected chi connectivity index (χ1v) is 12.1. The van der Waals surface area contributed by atoms with E-state index >= 15 is 0 Å². The average Bonchev–Trinajstić information content (AvgIpc) is 2.53. The van der Waals surface area contributed by atoms with E-state index in [9.17, 15) is 31.2 Å². The first-order valence-electron chi connectivity index (χ1n) is 7.24. The summed E-state index contributed by atoms with van der Waals surface area (Å²) in [6.07, 6.45) is -8.80. The monoisotopic (exact) mass is 762 g/mol. The molecule has 158 valence electrons. The SMILES string of the molecule is O=C(CCCOC(=O)c1c(I)ccc(I)c1I)OC(CS(=O)(=O)O)C(F)(F)F. The lowest BCUT2D eigenvalue weighted by atomic mass is 10.2. The van der Waals surface area contributed by atoms with Gasteiger partial charge in [0.15, 0.2) is 0 Å². The fourth-order valence-corrected chi connectivity index (χ4v) is 4.74. The molecule has 1 N–H and O–H groups in total. The van der Waals surface area contributed by atoms with Gasteiger partial charge in [0.25, 0.3) is 10.1 Å². The topological polar surface area (TPSA) is 107 Å². The van der Waals surface area contributed by atoms with Crippen LogP contribution >= 0.6 is 67.8 Å². The fraction of sp³-hybridized carbons (Fsp3) is 0.429. The van der Waals surface area contributed by atoms with Crippen molar-refractivity contribution in [1.82, 2.24) is 0 Å². The van der Waals surface area contributed by atoms with Crippen LogP contribution in [0.4, 0.5) is 13.2 Å². The Hall–Kier alpha value is 0.0500. The molecule has 28 heavy (non-hydrogen) atoms. The molecule has 0 saturated carbocycles. The van der Waals surface area contributed by atoms with Gasteiger partial charge < -0.3 is 9.47 Å². The van der Waals surface area contributed by atoms with Crippen LogP contribution in [0.2, 0.25) is 0 Å². The third-order valence-corrected chi connectivity index (χ3v) is 7.68. The standard InChI is InChI=1S/C14H12F3I3O7S/c15-14(16,17)9(6-28(23,24)25)27-10(21)2-1-5-26-13(22)11-7(18)3-4-8(19)12(11)20/h3-4,9H,1-2,5-6H2,(H,23,24,25). The van der Waals surface area contributed by atoms with Gasteiger partial charge in [-0.25, -0.2) is 4.79 Å². The van der Waals surface area contributed by atoms with Crippen molar-refractivity contribution < 1.29 is 45.2 Å². The number of hydrogen-bond acceptors (Lipinski definition) is 6. The Balaban J connectivity index is 2.56. The molecule has 0 radical (unpaired) electrons. The molecule has 0 aliphatic rings. The molecule has 1 atom stereocenters. The summed E-state index contributed by atoms with van der Waals surface area (Å²) in [7, 11) is -5.00. The molecular formula is C14H12F3I3O7S. The molecule has 0 aromatic heterocycles. The van der Waals surface area contributed by atoms with Crippen molar-refractivity contribution in [3.8, 4) is 0 Å². The number of esters is 2. The van der Waals surface area contributed by atoms with Crippen LogP contribution in [0.25, 0.3) is 0 Å². The summed E-state index contributed by atoms with van der Waals surface area (Å²) in [6, 6.07) is 3.55. The van der Waals surface area contributed by atoms with Gasteiger partial charge in [0.2, 0.25) is 6.10 Å². The van der Waals surface area contributed by atoms with E-state index in [-0.39, 0.29) is 13.0 Å². The molecule has 0 spiro atoms. The van der Waals surface area contributed by atoms with Gasteiger partial charge >= 0.3 is 18.1 Å². The number of benzene rings is 1. The number of alkyl halides is 3. The van der Waals surface area contributed by atoms with E-state index < -0.39 is 46.5 Å². The second-order valence-corrected chi connectivity index (χ2v) is 10.1. The number of rotatable bonds is 8. The lowest BCUT2D eigenvalue weighted by Crippen LogP contribution is -2.39. The van der Waals surface area contributed by atoms with Gasteiger partial charge in [0.05, 0.1) is 12.2 Å². The summed E-state index contributed by atoms with van der Waals surface area (Å²) < 4.78 is 79.1. The van der Waals surface area contributed by atoms with Crippen LogP contribution < -0.4 is 0 Å². The zero-order valence-electron chi connectivity index (χ0n) is 13.6. The summed E-state index contributed by atoms with van der Waals surface area (Å²) in [5.41, 5.74) is 0.348. The first kappa shape index (κ1) is 26.1. The minimum absolute atomic E-state index is 0.127. The van der Waals surface area contributed by atoms with E-state index in [1.807, 2.05) is 73.8 Å². The predicted octanol–water partition coefficient (Wildman–Crippen LogP) is 3.80. The van der Waals surface area contributed by atoms with Crippen molar-refractivity contribution in [3.63, 3.8) is 0 Å². The van der Waals surface area contributed by atoms with Crippen molar-refractivity contribution in [2.45, 2.75) is 25.1 Å². The maximum Gasteiger partial charge on any atom is 0.426 e. The zero-order chi connectivity index (χ0) is 21.7. The van der Waals surface area contributed by atoms with E-state index in [1.165, 1.54) is 0 Å². The maximum absolute atomic E-state index is 12.7. The summed E-state index contributed by atoms with van der Waals surface area (Å²) in [4.78, 5) is 23.7. The van der Waals surface area contributed by atoms with E-state index in [0.717, 1.165) is 3.57 Å². The normalized spacial score (nSPS) is 13.1. The Bertz CT molecular complexity index is 843. The molecule has 0 fully saturated rings. The minimum atomic E-state index is -5.16. The Kier molecular flexibility index (Phi) is 10.1. The molecule has 0 amide bonds. The highest BCUT2D eigenvalue weighted by Crippen LogP contribution is 2.26. The Labute approximate surface area is 199 Å². The third-order valence-electron chi connectivity index (χ3n) is 3.01. The fourth-order valence-electron chi connectivity index (χ4n) is 1.77. The van der Waals surface area contributed by atoms with E-state index in [2.05, 4.69) is 4.74 Å². The van der Waals surface area contributed by atoms with E-state index in [1.54, 1.807) is 6.07 Å². The first-order chi connectivity index (χ1) is 12.7. The maximum atomic E-state index is 12.7. The highest BCUT2D eigenvalue weighted by molar-refractivity contribution is 14.1. The second kappa shape index (κ2) is 10.9. The molecule has 0 heterocycles. The van der Waals surface area contributed by atoms with Crippen molar-refractivity contribution >= 4 is 89.8 Å². The third kappa shape index (κ3) is 8.82. The molecule has 0 aliphatic carbocycles. The van der Waals surface area contributed by atoms with Crippen LogP contribution in [-0.2, 0) is 24.4 Å². The van der Waals surface area contributed by atoms with Gasteiger partial charge in [-0.15, -0.1) is 0 Å². The molecule has 1 aromatic rings. The van der Waals surface area contributed by atoms with Crippen LogP contribution in [0.1, 0.15) is 23.2 Å². The molecule has 0 saturated heterocycles. The van der Waals surface area contributed by atoms with Crippen molar-refractivity contribution in [2.24, 2.45) is 0 Å². The molecule has 7 nitrogen and oxygen atoms in total. The van der Waals surface area contributed by atoms with E-state index in [4.69, 9.17) is 9.29 Å².